The van der Waals surface area contributed by atoms with Gasteiger partial charge in [0, 0.05) is 24.4 Å². The van der Waals surface area contributed by atoms with E-state index < -0.39 is 0 Å². The molecule has 0 saturated heterocycles. The highest BCUT2D eigenvalue weighted by Crippen LogP contribution is 2.23. The number of benzene rings is 3. The average Bonchev–Trinajstić information content (AvgIpc) is 2.73. The number of hydrogen-bond acceptors (Lipinski definition) is 3. The number of carbonyl (C=O) groups excluding carboxylic acids is 1. The van der Waals surface area contributed by atoms with Gasteiger partial charge in [-0.05, 0) is 42.0 Å². The van der Waals surface area contributed by atoms with Crippen molar-refractivity contribution in [1.82, 2.24) is 5.32 Å². The van der Waals surface area contributed by atoms with E-state index in [2.05, 4.69) is 15.6 Å². The van der Waals surface area contributed by atoms with Crippen LogP contribution >= 0.6 is 0 Å². The number of rotatable bonds is 6. The fourth-order valence-corrected chi connectivity index (χ4v) is 2.58. The van der Waals surface area contributed by atoms with Crippen molar-refractivity contribution in [2.75, 3.05) is 12.4 Å². The van der Waals surface area contributed by atoms with E-state index in [1.54, 1.807) is 19.2 Å². The number of nitrogens with two attached hydrogens (primary N) is 1. The number of para-hydroxylation sites is 1. The van der Waals surface area contributed by atoms with Crippen molar-refractivity contribution in [1.29, 1.82) is 0 Å². The van der Waals surface area contributed by atoms with Gasteiger partial charge in [0.2, 0.25) is 0 Å². The van der Waals surface area contributed by atoms with Gasteiger partial charge in [-0.3, -0.25) is 4.79 Å². The molecule has 6 heteroatoms. The minimum Gasteiger partial charge on any atom is -0.457 e. The second kappa shape index (κ2) is 9.23. The number of anilines is 1. The lowest BCUT2D eigenvalue weighted by Gasteiger charge is -2.09. The predicted molar refractivity (Wildman–Crippen MR) is 112 cm³/mol. The molecular weight excluding hydrogens is 352 g/mol. The number of aliphatic imine (C=N–C) groups is 1. The zero-order valence-corrected chi connectivity index (χ0v) is 15.6. The number of amides is 1. The van der Waals surface area contributed by atoms with Crippen molar-refractivity contribution in [2.24, 2.45) is 10.7 Å². The summed E-state index contributed by atoms with van der Waals surface area (Å²) >= 11 is 0. The Bertz CT molecular complexity index is 971. The summed E-state index contributed by atoms with van der Waals surface area (Å²) in [5.41, 5.74) is 8.26. The Balaban J connectivity index is 1.63. The first-order chi connectivity index (χ1) is 13.6. The van der Waals surface area contributed by atoms with Gasteiger partial charge in [-0.25, -0.2) is 4.99 Å². The summed E-state index contributed by atoms with van der Waals surface area (Å²) in [5.74, 6) is 1.61. The number of nitrogens with zero attached hydrogens (tertiary/aromatic N) is 1. The first kappa shape index (κ1) is 19.0. The molecule has 3 rings (SSSR count). The van der Waals surface area contributed by atoms with Crippen LogP contribution in [0.15, 0.2) is 83.9 Å². The maximum absolute atomic E-state index is 11.7. The first-order valence-corrected chi connectivity index (χ1v) is 8.85. The number of guanidine groups is 1. The highest BCUT2D eigenvalue weighted by Gasteiger charge is 2.04. The third kappa shape index (κ3) is 5.35. The van der Waals surface area contributed by atoms with E-state index in [4.69, 9.17) is 10.5 Å². The summed E-state index contributed by atoms with van der Waals surface area (Å²) in [4.78, 5) is 16.1. The van der Waals surface area contributed by atoms with E-state index in [0.29, 0.717) is 17.9 Å². The van der Waals surface area contributed by atoms with Crippen LogP contribution in [0.5, 0.6) is 11.5 Å². The smallest absolute Gasteiger partial charge is 0.251 e. The molecule has 1 amide bonds. The molecule has 142 valence electrons. The number of carbonyl (C=O) groups is 1. The van der Waals surface area contributed by atoms with Gasteiger partial charge in [0.25, 0.3) is 5.91 Å². The molecule has 0 heterocycles. The lowest BCUT2D eigenvalue weighted by molar-refractivity contribution is 0.0963. The van der Waals surface area contributed by atoms with E-state index >= 15 is 0 Å². The zero-order valence-electron chi connectivity index (χ0n) is 15.6. The van der Waals surface area contributed by atoms with Gasteiger partial charge in [0.05, 0.1) is 6.54 Å². The summed E-state index contributed by atoms with van der Waals surface area (Å²) in [6, 6.07) is 24.3. The Morgan fingerprint density at radius 3 is 2.50 bits per heavy atom. The zero-order chi connectivity index (χ0) is 19.8. The fraction of sp³-hybridized carbons (Fsp3) is 0.0909. The topological polar surface area (TPSA) is 88.7 Å². The molecule has 0 aliphatic heterocycles. The van der Waals surface area contributed by atoms with Crippen LogP contribution in [0.25, 0.3) is 0 Å². The van der Waals surface area contributed by atoms with Crippen LogP contribution in [0.3, 0.4) is 0 Å². The summed E-state index contributed by atoms with van der Waals surface area (Å²) in [6.45, 7) is 0.365. The highest BCUT2D eigenvalue weighted by molar-refractivity contribution is 5.94. The Labute approximate surface area is 164 Å². The molecule has 3 aromatic rings. The van der Waals surface area contributed by atoms with Crippen molar-refractivity contribution >= 4 is 17.6 Å². The fourth-order valence-electron chi connectivity index (χ4n) is 2.58. The standard InChI is InChI=1S/C22H22N4O2/c1-24-21(27)17-8-5-7-16(13-17)15-25-22(23)26-18-9-6-12-20(14-18)28-19-10-3-2-4-11-19/h2-14H,15H2,1H3,(H,24,27)(H3,23,25,26). The molecule has 0 saturated carbocycles. The van der Waals surface area contributed by atoms with E-state index in [0.717, 1.165) is 17.0 Å². The Morgan fingerprint density at radius 2 is 1.71 bits per heavy atom. The van der Waals surface area contributed by atoms with Crippen molar-refractivity contribution < 1.29 is 9.53 Å². The molecule has 0 aliphatic rings. The molecule has 0 fully saturated rings. The van der Waals surface area contributed by atoms with Gasteiger partial charge >= 0.3 is 0 Å². The van der Waals surface area contributed by atoms with Crippen LogP contribution in [-0.2, 0) is 6.54 Å². The largest absolute Gasteiger partial charge is 0.457 e. The monoisotopic (exact) mass is 374 g/mol. The van der Waals surface area contributed by atoms with Gasteiger partial charge in [-0.1, -0.05) is 36.4 Å². The molecule has 0 atom stereocenters. The number of nitrogens with one attached hydrogen (secondary N) is 2. The molecule has 0 aliphatic carbocycles. The summed E-state index contributed by atoms with van der Waals surface area (Å²) in [7, 11) is 1.60. The molecule has 0 bridgehead atoms. The molecule has 6 nitrogen and oxygen atoms in total. The second-order valence-corrected chi connectivity index (χ2v) is 6.05. The van der Waals surface area contributed by atoms with Gasteiger partial charge in [0.1, 0.15) is 11.5 Å². The minimum absolute atomic E-state index is 0.132. The highest BCUT2D eigenvalue weighted by atomic mass is 16.5. The van der Waals surface area contributed by atoms with E-state index in [-0.39, 0.29) is 11.9 Å². The van der Waals surface area contributed by atoms with Crippen LogP contribution in [0.1, 0.15) is 15.9 Å². The van der Waals surface area contributed by atoms with Crippen molar-refractivity contribution in [3.63, 3.8) is 0 Å². The van der Waals surface area contributed by atoms with Crippen LogP contribution in [0, 0.1) is 0 Å². The molecule has 0 unspecified atom stereocenters. The molecule has 0 spiro atoms. The summed E-state index contributed by atoms with van der Waals surface area (Å²) in [5, 5.41) is 5.66. The van der Waals surface area contributed by atoms with E-state index in [1.807, 2.05) is 66.7 Å². The van der Waals surface area contributed by atoms with E-state index in [9.17, 15) is 4.79 Å². The van der Waals surface area contributed by atoms with Gasteiger partial charge in [0.15, 0.2) is 5.96 Å². The quantitative estimate of drug-likeness (QED) is 0.453. The summed E-state index contributed by atoms with van der Waals surface area (Å²) < 4.78 is 5.82. The lowest BCUT2D eigenvalue weighted by atomic mass is 10.1. The van der Waals surface area contributed by atoms with Crippen LogP contribution in [0.2, 0.25) is 0 Å². The maximum atomic E-state index is 11.7. The molecule has 0 radical (unpaired) electrons. The average molecular weight is 374 g/mol. The molecule has 28 heavy (non-hydrogen) atoms. The van der Waals surface area contributed by atoms with Gasteiger partial charge in [-0.15, -0.1) is 0 Å². The maximum Gasteiger partial charge on any atom is 0.251 e. The van der Waals surface area contributed by atoms with Crippen LogP contribution < -0.4 is 21.1 Å². The van der Waals surface area contributed by atoms with Crippen molar-refractivity contribution in [3.8, 4) is 11.5 Å². The minimum atomic E-state index is -0.132. The van der Waals surface area contributed by atoms with Crippen molar-refractivity contribution in [3.05, 3.63) is 90.0 Å². The lowest BCUT2D eigenvalue weighted by Crippen LogP contribution is -2.22. The van der Waals surface area contributed by atoms with Crippen molar-refractivity contribution in [2.45, 2.75) is 6.54 Å². The second-order valence-electron chi connectivity index (χ2n) is 6.05. The molecular formula is C22H22N4O2. The normalized spacial score (nSPS) is 11.0. The van der Waals surface area contributed by atoms with Gasteiger partial charge < -0.3 is 21.1 Å². The SMILES string of the molecule is CNC(=O)c1cccc(CN=C(N)Nc2cccc(Oc3ccccc3)c2)c1. The number of ether oxygens (including phenoxy) is 1. The predicted octanol–water partition coefficient (Wildman–Crippen LogP) is 3.77. The Morgan fingerprint density at radius 1 is 0.964 bits per heavy atom. The molecule has 0 aromatic heterocycles. The van der Waals surface area contributed by atoms with Crippen LogP contribution in [-0.4, -0.2) is 18.9 Å². The molecule has 3 aromatic carbocycles. The van der Waals surface area contributed by atoms with Gasteiger partial charge in [-0.2, -0.15) is 0 Å². The third-order valence-corrected chi connectivity index (χ3v) is 3.93. The molecule has 4 N–H and O–H groups in total. The summed E-state index contributed by atoms with van der Waals surface area (Å²) in [6.07, 6.45) is 0. The Hall–Kier alpha value is -3.80. The number of hydrogen-bond donors (Lipinski definition) is 3. The third-order valence-electron chi connectivity index (χ3n) is 3.93. The Kier molecular flexibility index (Phi) is 6.25. The van der Waals surface area contributed by atoms with E-state index in [1.165, 1.54) is 0 Å². The van der Waals surface area contributed by atoms with Crippen LogP contribution in [0.4, 0.5) is 5.69 Å². The first-order valence-electron chi connectivity index (χ1n) is 8.85.